The summed E-state index contributed by atoms with van der Waals surface area (Å²) in [5.74, 6) is 0.535. The van der Waals surface area contributed by atoms with Crippen molar-refractivity contribution in [2.45, 2.75) is 26.4 Å². The lowest BCUT2D eigenvalue weighted by atomic mass is 10.1. The van der Waals surface area contributed by atoms with Crippen molar-refractivity contribution in [3.05, 3.63) is 48.4 Å². The normalized spacial score (nSPS) is 11.3. The molecular formula is C17H20N4O. The molecule has 0 aliphatic rings. The maximum atomic E-state index is 5.35. The smallest absolute Gasteiger partial charge is 0.258 e. The fourth-order valence-corrected chi connectivity index (χ4v) is 2.34. The van der Waals surface area contributed by atoms with Crippen molar-refractivity contribution < 1.29 is 4.74 Å². The maximum absolute atomic E-state index is 5.35. The van der Waals surface area contributed by atoms with Gasteiger partial charge in [-0.2, -0.15) is 0 Å². The van der Waals surface area contributed by atoms with Crippen LogP contribution in [0.25, 0.3) is 16.9 Å². The predicted octanol–water partition coefficient (Wildman–Crippen LogP) is 2.90. The molecule has 0 aliphatic heterocycles. The first-order valence-electron chi connectivity index (χ1n) is 7.38. The molecule has 2 aromatic heterocycles. The van der Waals surface area contributed by atoms with Gasteiger partial charge in [0.2, 0.25) is 0 Å². The molecule has 0 saturated heterocycles. The molecule has 0 amide bonds. The minimum Gasteiger partial charge on any atom is -0.478 e. The summed E-state index contributed by atoms with van der Waals surface area (Å²) in [6.45, 7) is 5.13. The molecule has 5 heteroatoms. The van der Waals surface area contributed by atoms with Crippen LogP contribution >= 0.6 is 0 Å². The number of ether oxygens (including phenoxy) is 1. The summed E-state index contributed by atoms with van der Waals surface area (Å²) in [6, 6.07) is 8.85. The second-order valence-electron chi connectivity index (χ2n) is 5.53. The molecule has 114 valence electrons. The lowest BCUT2D eigenvalue weighted by molar-refractivity contribution is 0.400. The minimum atomic E-state index is 0.462. The Morgan fingerprint density at radius 2 is 2.18 bits per heavy atom. The monoisotopic (exact) mass is 296 g/mol. The molecule has 3 rings (SSSR count). The molecule has 3 aromatic rings. The molecule has 5 nitrogen and oxygen atoms in total. The van der Waals surface area contributed by atoms with Crippen LogP contribution < -0.4 is 10.1 Å². The number of hydrogen-bond donors (Lipinski definition) is 1. The van der Waals surface area contributed by atoms with Crippen LogP contribution in [0.3, 0.4) is 0 Å². The van der Waals surface area contributed by atoms with Gasteiger partial charge in [-0.3, -0.25) is 0 Å². The van der Waals surface area contributed by atoms with E-state index in [0.29, 0.717) is 11.9 Å². The SMILES string of the molecule is COc1nc(-c2cccc(CNC(C)C)c2)cn2ccnc12. The van der Waals surface area contributed by atoms with Gasteiger partial charge in [-0.1, -0.05) is 32.0 Å². The number of rotatable bonds is 5. The fourth-order valence-electron chi connectivity index (χ4n) is 2.34. The highest BCUT2D eigenvalue weighted by atomic mass is 16.5. The van der Waals surface area contributed by atoms with Gasteiger partial charge in [-0.25, -0.2) is 9.97 Å². The Morgan fingerprint density at radius 3 is 2.95 bits per heavy atom. The van der Waals surface area contributed by atoms with Crippen LogP contribution in [0.2, 0.25) is 0 Å². The van der Waals surface area contributed by atoms with E-state index in [-0.39, 0.29) is 0 Å². The number of methoxy groups -OCH3 is 1. The van der Waals surface area contributed by atoms with Crippen LogP contribution in [0.1, 0.15) is 19.4 Å². The molecule has 1 aromatic carbocycles. The Balaban J connectivity index is 1.98. The molecule has 0 unspecified atom stereocenters. The lowest BCUT2D eigenvalue weighted by Gasteiger charge is -2.10. The van der Waals surface area contributed by atoms with E-state index >= 15 is 0 Å². The van der Waals surface area contributed by atoms with Crippen LogP contribution in [0.15, 0.2) is 42.9 Å². The van der Waals surface area contributed by atoms with Crippen molar-refractivity contribution in [1.82, 2.24) is 19.7 Å². The average Bonchev–Trinajstić information content (AvgIpc) is 3.00. The molecule has 0 atom stereocenters. The van der Waals surface area contributed by atoms with Gasteiger partial charge in [0, 0.05) is 36.7 Å². The number of hydrogen-bond acceptors (Lipinski definition) is 4. The van der Waals surface area contributed by atoms with Gasteiger partial charge in [0.15, 0.2) is 5.65 Å². The van der Waals surface area contributed by atoms with E-state index < -0.39 is 0 Å². The molecular weight excluding hydrogens is 276 g/mol. The average molecular weight is 296 g/mol. The van der Waals surface area contributed by atoms with E-state index in [0.717, 1.165) is 23.4 Å². The zero-order valence-corrected chi connectivity index (χ0v) is 13.1. The molecule has 0 bridgehead atoms. The summed E-state index contributed by atoms with van der Waals surface area (Å²) < 4.78 is 7.28. The topological polar surface area (TPSA) is 51.5 Å². The van der Waals surface area contributed by atoms with Gasteiger partial charge in [0.05, 0.1) is 12.8 Å². The third-order valence-corrected chi connectivity index (χ3v) is 3.47. The first-order chi connectivity index (χ1) is 10.7. The second kappa shape index (κ2) is 6.15. The second-order valence-corrected chi connectivity index (χ2v) is 5.53. The van der Waals surface area contributed by atoms with Gasteiger partial charge in [-0.15, -0.1) is 0 Å². The van der Waals surface area contributed by atoms with Gasteiger partial charge >= 0.3 is 0 Å². The largest absolute Gasteiger partial charge is 0.478 e. The Kier molecular flexibility index (Phi) is 4.06. The van der Waals surface area contributed by atoms with E-state index in [1.807, 2.05) is 16.8 Å². The summed E-state index contributed by atoms with van der Waals surface area (Å²) >= 11 is 0. The number of benzene rings is 1. The van der Waals surface area contributed by atoms with Gasteiger partial charge in [0.1, 0.15) is 0 Å². The van der Waals surface area contributed by atoms with Crippen molar-refractivity contribution in [2.75, 3.05) is 7.11 Å². The van der Waals surface area contributed by atoms with Crippen molar-refractivity contribution in [3.63, 3.8) is 0 Å². The summed E-state index contributed by atoms with van der Waals surface area (Å²) in [7, 11) is 1.61. The Hall–Kier alpha value is -2.40. The first kappa shape index (κ1) is 14.5. The van der Waals surface area contributed by atoms with Crippen LogP contribution in [-0.4, -0.2) is 27.5 Å². The number of aromatic nitrogens is 3. The molecule has 22 heavy (non-hydrogen) atoms. The number of imidazole rings is 1. The predicted molar refractivity (Wildman–Crippen MR) is 87.0 cm³/mol. The van der Waals surface area contributed by atoms with Crippen molar-refractivity contribution in [1.29, 1.82) is 0 Å². The van der Waals surface area contributed by atoms with Crippen LogP contribution in [0, 0.1) is 0 Å². The van der Waals surface area contributed by atoms with E-state index in [9.17, 15) is 0 Å². The van der Waals surface area contributed by atoms with E-state index in [1.165, 1.54) is 5.56 Å². The molecule has 0 fully saturated rings. The molecule has 0 saturated carbocycles. The lowest BCUT2D eigenvalue weighted by Crippen LogP contribution is -2.21. The Morgan fingerprint density at radius 1 is 1.32 bits per heavy atom. The molecule has 2 heterocycles. The quantitative estimate of drug-likeness (QED) is 0.786. The highest BCUT2D eigenvalue weighted by Crippen LogP contribution is 2.23. The molecule has 1 N–H and O–H groups in total. The van der Waals surface area contributed by atoms with Crippen LogP contribution in [-0.2, 0) is 6.54 Å². The molecule has 0 spiro atoms. The van der Waals surface area contributed by atoms with Crippen molar-refractivity contribution >= 4 is 5.65 Å². The first-order valence-corrected chi connectivity index (χ1v) is 7.38. The molecule has 0 aliphatic carbocycles. The van der Waals surface area contributed by atoms with Gasteiger partial charge < -0.3 is 14.5 Å². The van der Waals surface area contributed by atoms with Crippen molar-refractivity contribution in [2.24, 2.45) is 0 Å². The standard InChI is InChI=1S/C17H20N4O/c1-12(2)19-10-13-5-4-6-14(9-13)15-11-21-8-7-18-16(21)17(20-15)22-3/h4-9,11-12,19H,10H2,1-3H3. The highest BCUT2D eigenvalue weighted by Gasteiger charge is 2.09. The number of nitrogens with zero attached hydrogens (tertiary/aromatic N) is 3. The zero-order chi connectivity index (χ0) is 15.5. The minimum absolute atomic E-state index is 0.462. The third kappa shape index (κ3) is 2.94. The number of fused-ring (bicyclic) bond motifs is 1. The van der Waals surface area contributed by atoms with E-state index in [4.69, 9.17) is 4.74 Å². The van der Waals surface area contributed by atoms with Crippen LogP contribution in [0.5, 0.6) is 5.88 Å². The van der Waals surface area contributed by atoms with E-state index in [2.05, 4.69) is 53.4 Å². The summed E-state index contributed by atoms with van der Waals surface area (Å²) in [5.41, 5.74) is 3.90. The summed E-state index contributed by atoms with van der Waals surface area (Å²) in [5, 5.41) is 3.43. The van der Waals surface area contributed by atoms with Crippen LogP contribution in [0.4, 0.5) is 0 Å². The molecule has 0 radical (unpaired) electrons. The third-order valence-electron chi connectivity index (χ3n) is 3.47. The maximum Gasteiger partial charge on any atom is 0.258 e. The number of nitrogens with one attached hydrogen (secondary N) is 1. The van der Waals surface area contributed by atoms with Crippen molar-refractivity contribution in [3.8, 4) is 17.1 Å². The summed E-state index contributed by atoms with van der Waals surface area (Å²) in [4.78, 5) is 8.83. The fraction of sp³-hybridized carbons (Fsp3) is 0.294. The van der Waals surface area contributed by atoms with E-state index in [1.54, 1.807) is 13.3 Å². The highest BCUT2D eigenvalue weighted by molar-refractivity contribution is 5.63. The Bertz CT molecular complexity index is 779. The van der Waals surface area contributed by atoms with Gasteiger partial charge in [-0.05, 0) is 11.6 Å². The Labute approximate surface area is 130 Å². The zero-order valence-electron chi connectivity index (χ0n) is 13.1. The van der Waals surface area contributed by atoms with Gasteiger partial charge in [0.25, 0.3) is 5.88 Å². The summed E-state index contributed by atoms with van der Waals surface area (Å²) in [6.07, 6.45) is 5.61.